The van der Waals surface area contributed by atoms with Gasteiger partial charge in [-0.05, 0) is 37.6 Å². The van der Waals surface area contributed by atoms with Gasteiger partial charge in [-0.15, -0.1) is 24.0 Å². The third kappa shape index (κ3) is 7.31. The monoisotopic (exact) mass is 571 g/mol. The highest BCUT2D eigenvalue weighted by molar-refractivity contribution is 14.0. The predicted molar refractivity (Wildman–Crippen MR) is 135 cm³/mol. The fraction of sp³-hybridized carbons (Fsp3) is 0.304. The molecular weight excluding hydrogens is 543 g/mol. The van der Waals surface area contributed by atoms with E-state index >= 15 is 0 Å². The van der Waals surface area contributed by atoms with Crippen LogP contribution in [0, 0.1) is 6.92 Å². The van der Waals surface area contributed by atoms with E-state index in [1.807, 2.05) is 48.1 Å². The van der Waals surface area contributed by atoms with Crippen molar-refractivity contribution in [3.8, 4) is 17.2 Å². The van der Waals surface area contributed by atoms with Crippen LogP contribution >= 0.6 is 24.0 Å². The lowest BCUT2D eigenvalue weighted by atomic mass is 10.1. The summed E-state index contributed by atoms with van der Waals surface area (Å²) in [5.41, 5.74) is 3.45. The average molecular weight is 571 g/mol. The maximum absolute atomic E-state index is 12.9. The van der Waals surface area contributed by atoms with Gasteiger partial charge in [-0.25, -0.2) is 4.68 Å². The zero-order chi connectivity index (χ0) is 22.9. The van der Waals surface area contributed by atoms with Crippen molar-refractivity contribution >= 4 is 29.9 Å². The number of benzene rings is 2. The minimum atomic E-state index is -2.95. The summed E-state index contributed by atoms with van der Waals surface area (Å²) in [5, 5.41) is 10.9. The number of alkyl halides is 2. The normalized spacial score (nSPS) is 11.2. The molecule has 0 saturated heterocycles. The van der Waals surface area contributed by atoms with Crippen LogP contribution in [-0.4, -0.2) is 36.0 Å². The molecule has 0 spiro atoms. The molecule has 0 aliphatic heterocycles. The maximum Gasteiger partial charge on any atom is 0.387 e. The lowest BCUT2D eigenvalue weighted by molar-refractivity contribution is -0.0520. The van der Waals surface area contributed by atoms with E-state index in [4.69, 9.17) is 9.47 Å². The summed E-state index contributed by atoms with van der Waals surface area (Å²) in [7, 11) is 1.64. The number of para-hydroxylation sites is 2. The molecule has 1 aromatic heterocycles. The number of ether oxygens (including phenoxy) is 2. The van der Waals surface area contributed by atoms with Crippen LogP contribution in [0.1, 0.15) is 23.7 Å². The summed E-state index contributed by atoms with van der Waals surface area (Å²) >= 11 is 0. The molecule has 2 N–H and O–H groups in total. The molecule has 0 amide bonds. The Morgan fingerprint density at radius 2 is 1.76 bits per heavy atom. The summed E-state index contributed by atoms with van der Waals surface area (Å²) in [4.78, 5) is 4.23. The number of aliphatic imine (C=N–C) groups is 1. The Morgan fingerprint density at radius 3 is 2.39 bits per heavy atom. The molecule has 0 aliphatic rings. The van der Waals surface area contributed by atoms with Crippen LogP contribution in [0.25, 0.3) is 5.69 Å². The number of nitrogens with one attached hydrogen (secondary N) is 2. The maximum atomic E-state index is 12.9. The van der Waals surface area contributed by atoms with Gasteiger partial charge >= 0.3 is 6.61 Å². The van der Waals surface area contributed by atoms with Crippen LogP contribution in [0.5, 0.6) is 11.5 Å². The molecule has 3 aromatic rings. The minimum Gasteiger partial charge on any atom is -0.490 e. The number of hydrogen-bond acceptors (Lipinski definition) is 4. The molecule has 10 heteroatoms. The van der Waals surface area contributed by atoms with Gasteiger partial charge in [0, 0.05) is 31.9 Å². The van der Waals surface area contributed by atoms with E-state index in [2.05, 4.69) is 20.7 Å². The molecule has 1 heterocycles. The van der Waals surface area contributed by atoms with Crippen LogP contribution in [0.15, 0.2) is 59.7 Å². The minimum absolute atomic E-state index is 0. The van der Waals surface area contributed by atoms with Gasteiger partial charge in [0.1, 0.15) is 0 Å². The van der Waals surface area contributed by atoms with Crippen molar-refractivity contribution in [1.29, 1.82) is 0 Å². The van der Waals surface area contributed by atoms with Gasteiger partial charge in [0.15, 0.2) is 17.5 Å². The number of aryl methyl sites for hydroxylation is 1. The van der Waals surface area contributed by atoms with Gasteiger partial charge in [0.05, 0.1) is 18.0 Å². The standard InChI is InChI=1S/C23H27F2N5O2.HI/c1-4-31-20-11-7-9-18(21(20)32-22(24)25)15-28-23(26-3)27-14-17-8-5-6-10-19(17)30-13-12-16(2)29-30;/h5-13,22H,4,14-15H2,1-3H3,(H2,26,27,28);1H. The van der Waals surface area contributed by atoms with Gasteiger partial charge in [-0.3, -0.25) is 4.99 Å². The Hall–Kier alpha value is -2.89. The summed E-state index contributed by atoms with van der Waals surface area (Å²) in [5.74, 6) is 0.812. The highest BCUT2D eigenvalue weighted by Crippen LogP contribution is 2.32. The zero-order valence-corrected chi connectivity index (χ0v) is 21.0. The number of nitrogens with zero attached hydrogens (tertiary/aromatic N) is 3. The van der Waals surface area contributed by atoms with E-state index in [0.29, 0.717) is 24.7 Å². The summed E-state index contributed by atoms with van der Waals surface area (Å²) in [6, 6.07) is 14.9. The summed E-state index contributed by atoms with van der Waals surface area (Å²) < 4.78 is 37.8. The molecule has 0 unspecified atom stereocenters. The van der Waals surface area contributed by atoms with Gasteiger partial charge in [0.25, 0.3) is 0 Å². The van der Waals surface area contributed by atoms with Crippen molar-refractivity contribution in [1.82, 2.24) is 20.4 Å². The number of rotatable bonds is 9. The Morgan fingerprint density at radius 1 is 1.06 bits per heavy atom. The molecular formula is C23H28F2IN5O2. The SMILES string of the molecule is CCOc1cccc(CNC(=NC)NCc2ccccc2-n2ccc(C)n2)c1OC(F)F.I. The first-order valence-electron chi connectivity index (χ1n) is 10.3. The molecule has 33 heavy (non-hydrogen) atoms. The van der Waals surface area contributed by atoms with Crippen LogP contribution in [0.4, 0.5) is 8.78 Å². The van der Waals surface area contributed by atoms with Crippen molar-refractivity contribution in [3.63, 3.8) is 0 Å². The summed E-state index contributed by atoms with van der Waals surface area (Å²) in [6.07, 6.45) is 1.91. The number of guanidine groups is 1. The lowest BCUT2D eigenvalue weighted by Gasteiger charge is -2.17. The topological polar surface area (TPSA) is 72.7 Å². The van der Waals surface area contributed by atoms with Crippen molar-refractivity contribution in [2.24, 2.45) is 4.99 Å². The molecule has 0 saturated carbocycles. The highest BCUT2D eigenvalue weighted by atomic mass is 127. The number of halogens is 3. The first-order valence-corrected chi connectivity index (χ1v) is 10.3. The lowest BCUT2D eigenvalue weighted by Crippen LogP contribution is -2.36. The highest BCUT2D eigenvalue weighted by Gasteiger charge is 2.16. The first kappa shape index (κ1) is 26.4. The fourth-order valence-corrected chi connectivity index (χ4v) is 3.20. The van der Waals surface area contributed by atoms with Crippen molar-refractivity contribution < 1.29 is 18.3 Å². The molecule has 0 bridgehead atoms. The molecule has 0 fully saturated rings. The number of hydrogen-bond donors (Lipinski definition) is 2. The Balaban J connectivity index is 0.00000385. The van der Waals surface area contributed by atoms with E-state index in [1.54, 1.807) is 32.2 Å². The van der Waals surface area contributed by atoms with Crippen LogP contribution < -0.4 is 20.1 Å². The van der Waals surface area contributed by atoms with Gasteiger partial charge in [-0.1, -0.05) is 30.3 Å². The van der Waals surface area contributed by atoms with E-state index in [9.17, 15) is 8.78 Å². The smallest absolute Gasteiger partial charge is 0.387 e. The molecule has 0 radical (unpaired) electrons. The first-order chi connectivity index (χ1) is 15.5. The molecule has 3 rings (SSSR count). The molecule has 178 valence electrons. The second-order valence-electron chi connectivity index (χ2n) is 6.87. The quantitative estimate of drug-likeness (QED) is 0.222. The van der Waals surface area contributed by atoms with Gasteiger partial charge in [-0.2, -0.15) is 13.9 Å². The average Bonchev–Trinajstić information content (AvgIpc) is 3.22. The van der Waals surface area contributed by atoms with Crippen LogP contribution in [-0.2, 0) is 13.1 Å². The second kappa shape index (κ2) is 13.0. The van der Waals surface area contributed by atoms with Crippen molar-refractivity contribution in [3.05, 3.63) is 71.5 Å². The molecule has 2 aromatic carbocycles. The Labute approximate surface area is 209 Å². The van der Waals surface area contributed by atoms with E-state index in [1.165, 1.54) is 0 Å². The van der Waals surface area contributed by atoms with Gasteiger partial charge in [0.2, 0.25) is 0 Å². The van der Waals surface area contributed by atoms with Crippen molar-refractivity contribution in [2.45, 2.75) is 33.5 Å². The Bertz CT molecular complexity index is 1060. The van der Waals surface area contributed by atoms with Crippen LogP contribution in [0.2, 0.25) is 0 Å². The third-order valence-electron chi connectivity index (χ3n) is 4.64. The van der Waals surface area contributed by atoms with Crippen molar-refractivity contribution in [2.75, 3.05) is 13.7 Å². The number of aromatic nitrogens is 2. The zero-order valence-electron chi connectivity index (χ0n) is 18.7. The molecule has 7 nitrogen and oxygen atoms in total. The summed E-state index contributed by atoms with van der Waals surface area (Å²) in [6.45, 7) is 1.84. The predicted octanol–water partition coefficient (Wildman–Crippen LogP) is 4.66. The fourth-order valence-electron chi connectivity index (χ4n) is 3.20. The van der Waals surface area contributed by atoms with E-state index in [0.717, 1.165) is 16.9 Å². The Kier molecular flexibility index (Phi) is 10.4. The van der Waals surface area contributed by atoms with E-state index in [-0.39, 0.29) is 42.0 Å². The largest absolute Gasteiger partial charge is 0.490 e. The van der Waals surface area contributed by atoms with Gasteiger partial charge < -0.3 is 20.1 Å². The van der Waals surface area contributed by atoms with E-state index < -0.39 is 6.61 Å². The molecule has 0 aliphatic carbocycles. The molecule has 0 atom stereocenters. The van der Waals surface area contributed by atoms with Crippen LogP contribution in [0.3, 0.4) is 0 Å². The second-order valence-corrected chi connectivity index (χ2v) is 6.87. The third-order valence-corrected chi connectivity index (χ3v) is 4.64.